The van der Waals surface area contributed by atoms with Crippen LogP contribution in [0.3, 0.4) is 0 Å². The molecule has 0 fully saturated rings. The average molecular weight is 289 g/mol. The van der Waals surface area contributed by atoms with Crippen LogP contribution in [0.5, 0.6) is 0 Å². The molecule has 0 aliphatic carbocycles. The molecule has 0 spiro atoms. The zero-order chi connectivity index (χ0) is 15.1. The van der Waals surface area contributed by atoms with Gasteiger partial charge < -0.3 is 9.55 Å². The van der Waals surface area contributed by atoms with Gasteiger partial charge in [-0.3, -0.25) is 4.98 Å². The molecule has 0 aliphatic rings. The van der Waals surface area contributed by atoms with E-state index in [4.69, 9.17) is 4.98 Å². The topological polar surface area (TPSA) is 59.4 Å². The van der Waals surface area contributed by atoms with E-state index in [2.05, 4.69) is 34.9 Å². The molecular weight excluding hydrogens is 274 g/mol. The van der Waals surface area contributed by atoms with Crippen LogP contribution in [0, 0.1) is 13.8 Å². The number of fused-ring (bicyclic) bond motifs is 1. The van der Waals surface area contributed by atoms with Gasteiger partial charge in [-0.05, 0) is 43.2 Å². The normalized spacial score (nSPS) is 11.2. The number of pyridine rings is 1. The van der Waals surface area contributed by atoms with Crippen LogP contribution in [0.1, 0.15) is 11.1 Å². The van der Waals surface area contributed by atoms with Crippen LogP contribution in [0.4, 0.5) is 0 Å². The number of imidazole rings is 2. The van der Waals surface area contributed by atoms with Gasteiger partial charge >= 0.3 is 0 Å². The maximum Gasteiger partial charge on any atom is 0.138 e. The zero-order valence-electron chi connectivity index (χ0n) is 12.4. The Bertz CT molecular complexity index is 936. The predicted octanol–water partition coefficient (Wildman–Crippen LogP) is 3.43. The molecule has 0 saturated carbocycles. The van der Waals surface area contributed by atoms with E-state index in [0.29, 0.717) is 0 Å². The monoisotopic (exact) mass is 289 g/mol. The van der Waals surface area contributed by atoms with Gasteiger partial charge in [0, 0.05) is 30.4 Å². The van der Waals surface area contributed by atoms with Crippen molar-refractivity contribution in [1.29, 1.82) is 0 Å². The van der Waals surface area contributed by atoms with Gasteiger partial charge in [0.15, 0.2) is 0 Å². The Balaban J connectivity index is 1.95. The van der Waals surface area contributed by atoms with E-state index in [0.717, 1.165) is 28.1 Å². The molecule has 1 N–H and O–H groups in total. The molecule has 3 aromatic heterocycles. The Morgan fingerprint density at radius 3 is 2.55 bits per heavy atom. The molecule has 4 rings (SSSR count). The Labute approximate surface area is 127 Å². The van der Waals surface area contributed by atoms with Gasteiger partial charge in [0.25, 0.3) is 0 Å². The van der Waals surface area contributed by atoms with Crippen LogP contribution >= 0.6 is 0 Å². The zero-order valence-corrected chi connectivity index (χ0v) is 12.4. The van der Waals surface area contributed by atoms with Crippen LogP contribution in [-0.4, -0.2) is 24.5 Å². The summed E-state index contributed by atoms with van der Waals surface area (Å²) >= 11 is 0. The summed E-state index contributed by atoms with van der Waals surface area (Å²) in [6, 6.07) is 6.03. The number of aromatic amines is 1. The molecule has 0 amide bonds. The number of rotatable bonds is 2. The molecule has 4 aromatic rings. The number of nitrogens with one attached hydrogen (secondary N) is 1. The SMILES string of the molecule is Cc1c(-n2ccnc2)cc2[nH]c(-c3ccncc3)nc2c1C. The summed E-state index contributed by atoms with van der Waals surface area (Å²) in [5.41, 5.74) is 6.57. The van der Waals surface area contributed by atoms with Gasteiger partial charge in [0.1, 0.15) is 5.82 Å². The van der Waals surface area contributed by atoms with Crippen LogP contribution in [0.2, 0.25) is 0 Å². The third-order valence-corrected chi connectivity index (χ3v) is 4.05. The number of hydrogen-bond acceptors (Lipinski definition) is 3. The lowest BCUT2D eigenvalue weighted by molar-refractivity contribution is 1.04. The fourth-order valence-corrected chi connectivity index (χ4v) is 2.71. The maximum absolute atomic E-state index is 4.76. The molecular formula is C17H15N5. The van der Waals surface area contributed by atoms with E-state index in [1.807, 2.05) is 29.2 Å². The standard InChI is InChI=1S/C17H15N5/c1-11-12(2)16-14(9-15(11)22-8-7-19-10-22)20-17(21-16)13-3-5-18-6-4-13/h3-10H,1-2H3,(H,20,21). The Kier molecular flexibility index (Phi) is 2.79. The molecule has 0 aliphatic heterocycles. The molecule has 22 heavy (non-hydrogen) atoms. The highest BCUT2D eigenvalue weighted by molar-refractivity contribution is 5.86. The summed E-state index contributed by atoms with van der Waals surface area (Å²) in [5.74, 6) is 0.864. The van der Waals surface area contributed by atoms with Crippen molar-refractivity contribution in [3.63, 3.8) is 0 Å². The molecule has 3 heterocycles. The summed E-state index contributed by atoms with van der Waals surface area (Å²) in [4.78, 5) is 16.4. The van der Waals surface area contributed by atoms with Crippen molar-refractivity contribution in [2.45, 2.75) is 13.8 Å². The summed E-state index contributed by atoms with van der Waals surface area (Å²) in [6.07, 6.45) is 9.10. The third-order valence-electron chi connectivity index (χ3n) is 4.05. The first-order valence-electron chi connectivity index (χ1n) is 7.12. The fraction of sp³-hybridized carbons (Fsp3) is 0.118. The van der Waals surface area contributed by atoms with Gasteiger partial charge in [0.2, 0.25) is 0 Å². The summed E-state index contributed by atoms with van der Waals surface area (Å²) < 4.78 is 2.02. The van der Waals surface area contributed by atoms with E-state index in [1.165, 1.54) is 11.1 Å². The van der Waals surface area contributed by atoms with Gasteiger partial charge in [0.05, 0.1) is 23.0 Å². The van der Waals surface area contributed by atoms with Crippen molar-refractivity contribution < 1.29 is 0 Å². The Hall–Kier alpha value is -2.95. The first-order valence-corrected chi connectivity index (χ1v) is 7.12. The second kappa shape index (κ2) is 4.80. The molecule has 0 saturated heterocycles. The molecule has 0 unspecified atom stereocenters. The van der Waals surface area contributed by atoms with Crippen molar-refractivity contribution >= 4 is 11.0 Å². The lowest BCUT2D eigenvalue weighted by Crippen LogP contribution is -1.97. The number of nitrogens with zero attached hydrogens (tertiary/aromatic N) is 4. The summed E-state index contributed by atoms with van der Waals surface area (Å²) in [7, 11) is 0. The fourth-order valence-electron chi connectivity index (χ4n) is 2.71. The Morgan fingerprint density at radius 2 is 1.82 bits per heavy atom. The highest BCUT2D eigenvalue weighted by Crippen LogP contribution is 2.28. The van der Waals surface area contributed by atoms with Crippen molar-refractivity contribution in [1.82, 2.24) is 24.5 Å². The number of aromatic nitrogens is 5. The lowest BCUT2D eigenvalue weighted by atomic mass is 10.1. The lowest BCUT2D eigenvalue weighted by Gasteiger charge is -2.09. The molecule has 0 bridgehead atoms. The second-order valence-electron chi connectivity index (χ2n) is 5.33. The van der Waals surface area contributed by atoms with Gasteiger partial charge in [-0.1, -0.05) is 0 Å². The van der Waals surface area contributed by atoms with Crippen molar-refractivity contribution in [3.05, 3.63) is 60.4 Å². The van der Waals surface area contributed by atoms with E-state index in [-0.39, 0.29) is 0 Å². The van der Waals surface area contributed by atoms with Gasteiger partial charge in [-0.25, -0.2) is 9.97 Å². The molecule has 0 radical (unpaired) electrons. The largest absolute Gasteiger partial charge is 0.338 e. The number of aryl methyl sites for hydroxylation is 1. The van der Waals surface area contributed by atoms with Crippen molar-refractivity contribution in [2.75, 3.05) is 0 Å². The first kappa shape index (κ1) is 12.8. The summed E-state index contributed by atoms with van der Waals surface area (Å²) in [6.45, 7) is 4.22. The number of benzene rings is 1. The maximum atomic E-state index is 4.76. The van der Waals surface area contributed by atoms with Gasteiger partial charge in [-0.15, -0.1) is 0 Å². The highest BCUT2D eigenvalue weighted by Gasteiger charge is 2.13. The van der Waals surface area contributed by atoms with Gasteiger partial charge in [-0.2, -0.15) is 0 Å². The van der Waals surface area contributed by atoms with Crippen molar-refractivity contribution in [2.24, 2.45) is 0 Å². The first-order chi connectivity index (χ1) is 10.7. The minimum atomic E-state index is 0.864. The number of H-pyrrole nitrogens is 1. The quantitative estimate of drug-likeness (QED) is 0.615. The Morgan fingerprint density at radius 1 is 1.00 bits per heavy atom. The van der Waals surface area contributed by atoms with E-state index in [9.17, 15) is 0 Å². The molecule has 0 atom stereocenters. The smallest absolute Gasteiger partial charge is 0.138 e. The minimum absolute atomic E-state index is 0.864. The highest BCUT2D eigenvalue weighted by atomic mass is 15.0. The van der Waals surface area contributed by atoms with E-state index in [1.54, 1.807) is 18.6 Å². The third kappa shape index (κ3) is 1.90. The molecule has 1 aromatic carbocycles. The van der Waals surface area contributed by atoms with Crippen LogP contribution in [0.25, 0.3) is 28.1 Å². The summed E-state index contributed by atoms with van der Waals surface area (Å²) in [5, 5.41) is 0. The van der Waals surface area contributed by atoms with Crippen LogP contribution < -0.4 is 0 Å². The number of hydrogen-bond donors (Lipinski definition) is 1. The van der Waals surface area contributed by atoms with E-state index < -0.39 is 0 Å². The second-order valence-corrected chi connectivity index (χ2v) is 5.33. The molecule has 108 valence electrons. The van der Waals surface area contributed by atoms with Crippen LogP contribution in [-0.2, 0) is 0 Å². The average Bonchev–Trinajstić information content (AvgIpc) is 3.21. The van der Waals surface area contributed by atoms with Crippen LogP contribution in [0.15, 0.2) is 49.3 Å². The van der Waals surface area contributed by atoms with Crippen molar-refractivity contribution in [3.8, 4) is 17.1 Å². The molecule has 5 nitrogen and oxygen atoms in total. The predicted molar refractivity (Wildman–Crippen MR) is 85.9 cm³/mol. The molecule has 5 heteroatoms. The minimum Gasteiger partial charge on any atom is -0.338 e. The van der Waals surface area contributed by atoms with E-state index >= 15 is 0 Å².